The number of aromatic nitrogens is 2. The number of carbonyl (C=O) groups excluding carboxylic acids is 1. The van der Waals surface area contributed by atoms with Crippen LogP contribution >= 0.6 is 0 Å². The second kappa shape index (κ2) is 10.5. The van der Waals surface area contributed by atoms with E-state index in [2.05, 4.69) is 40.4 Å². The number of nitrogens with one attached hydrogen (secondary N) is 2. The van der Waals surface area contributed by atoms with Gasteiger partial charge in [0, 0.05) is 42.5 Å². The van der Waals surface area contributed by atoms with Gasteiger partial charge in [0.05, 0.1) is 18.7 Å². The summed E-state index contributed by atoms with van der Waals surface area (Å²) in [5.41, 5.74) is 3.65. The number of ether oxygens (including phenoxy) is 1. The highest BCUT2D eigenvalue weighted by atomic mass is 16.5. The van der Waals surface area contributed by atoms with Gasteiger partial charge in [0.25, 0.3) is 5.91 Å². The van der Waals surface area contributed by atoms with E-state index in [1.165, 1.54) is 5.56 Å². The van der Waals surface area contributed by atoms with Crippen molar-refractivity contribution in [3.8, 4) is 0 Å². The normalized spacial score (nSPS) is 14.6. The van der Waals surface area contributed by atoms with Crippen molar-refractivity contribution < 1.29 is 9.53 Å². The first kappa shape index (κ1) is 22.2. The Bertz CT molecular complexity index is 1050. The molecule has 0 saturated carbocycles. The van der Waals surface area contributed by atoms with E-state index in [9.17, 15) is 4.79 Å². The second-order valence-corrected chi connectivity index (χ2v) is 8.40. The number of hydrogen-bond donors (Lipinski definition) is 2. The predicted molar refractivity (Wildman–Crippen MR) is 128 cm³/mol. The van der Waals surface area contributed by atoms with Gasteiger partial charge in [0.2, 0.25) is 5.95 Å². The molecule has 0 unspecified atom stereocenters. The van der Waals surface area contributed by atoms with Crippen LogP contribution in [0.25, 0.3) is 10.9 Å². The molecule has 1 amide bonds. The zero-order chi connectivity index (χ0) is 22.3. The Labute approximate surface area is 189 Å². The number of fused-ring (bicyclic) bond motifs is 1. The number of amides is 1. The van der Waals surface area contributed by atoms with Crippen LogP contribution in [-0.4, -0.2) is 60.2 Å². The molecule has 7 nitrogen and oxygen atoms in total. The largest absolute Gasteiger partial charge is 0.379 e. The van der Waals surface area contributed by atoms with Crippen LogP contribution in [0.1, 0.15) is 42.1 Å². The summed E-state index contributed by atoms with van der Waals surface area (Å²) in [4.78, 5) is 24.0. The van der Waals surface area contributed by atoms with Crippen molar-refractivity contribution in [1.29, 1.82) is 0 Å². The lowest BCUT2D eigenvalue weighted by Gasteiger charge is -2.26. The SMILES string of the molecule is CC(C)c1cccc2cnc(Nc3ccc(C(=O)NCCCN4CCOCC4)cc3)nc12. The third-order valence-corrected chi connectivity index (χ3v) is 5.71. The minimum absolute atomic E-state index is 0.0537. The molecule has 2 aromatic carbocycles. The zero-order valence-electron chi connectivity index (χ0n) is 18.8. The van der Waals surface area contributed by atoms with Crippen molar-refractivity contribution in [2.24, 2.45) is 0 Å². The first-order chi connectivity index (χ1) is 15.6. The lowest BCUT2D eigenvalue weighted by Crippen LogP contribution is -2.38. The third kappa shape index (κ3) is 5.60. The monoisotopic (exact) mass is 433 g/mol. The molecule has 1 aliphatic heterocycles. The number of hydrogen-bond acceptors (Lipinski definition) is 6. The summed E-state index contributed by atoms with van der Waals surface area (Å²) in [6.07, 6.45) is 2.78. The fourth-order valence-electron chi connectivity index (χ4n) is 3.87. The maximum atomic E-state index is 12.4. The summed E-state index contributed by atoms with van der Waals surface area (Å²) >= 11 is 0. The smallest absolute Gasteiger partial charge is 0.251 e. The van der Waals surface area contributed by atoms with Gasteiger partial charge in [0.15, 0.2) is 0 Å². The van der Waals surface area contributed by atoms with Crippen LogP contribution in [0.5, 0.6) is 0 Å². The maximum absolute atomic E-state index is 12.4. The number of nitrogens with zero attached hydrogens (tertiary/aromatic N) is 3. The van der Waals surface area contributed by atoms with Gasteiger partial charge in [-0.2, -0.15) is 0 Å². The molecule has 2 heterocycles. The Morgan fingerprint density at radius 3 is 2.66 bits per heavy atom. The summed E-state index contributed by atoms with van der Waals surface area (Å²) in [6.45, 7) is 9.53. The molecule has 1 saturated heterocycles. The molecule has 7 heteroatoms. The first-order valence-corrected chi connectivity index (χ1v) is 11.3. The number of rotatable bonds is 8. The van der Waals surface area contributed by atoms with Gasteiger partial charge in [-0.05, 0) is 48.7 Å². The van der Waals surface area contributed by atoms with Crippen molar-refractivity contribution in [3.63, 3.8) is 0 Å². The summed E-state index contributed by atoms with van der Waals surface area (Å²) in [7, 11) is 0. The summed E-state index contributed by atoms with van der Waals surface area (Å²) in [5.74, 6) is 0.876. The molecule has 1 aromatic heterocycles. The molecular formula is C25H31N5O2. The molecule has 3 aromatic rings. The topological polar surface area (TPSA) is 79.4 Å². The molecular weight excluding hydrogens is 402 g/mol. The molecule has 1 fully saturated rings. The van der Waals surface area contributed by atoms with Crippen LogP contribution in [0, 0.1) is 0 Å². The third-order valence-electron chi connectivity index (χ3n) is 5.71. The van der Waals surface area contributed by atoms with Crippen molar-refractivity contribution >= 4 is 28.4 Å². The summed E-state index contributed by atoms with van der Waals surface area (Å²) in [5, 5.41) is 7.28. The van der Waals surface area contributed by atoms with Crippen molar-refractivity contribution in [2.45, 2.75) is 26.2 Å². The van der Waals surface area contributed by atoms with E-state index in [0.29, 0.717) is 24.0 Å². The van der Waals surface area contributed by atoms with E-state index in [0.717, 1.165) is 55.9 Å². The number of morpholine rings is 1. The minimum atomic E-state index is -0.0537. The average Bonchev–Trinajstić information content (AvgIpc) is 2.82. The van der Waals surface area contributed by atoms with E-state index >= 15 is 0 Å². The minimum Gasteiger partial charge on any atom is -0.379 e. The molecule has 0 spiro atoms. The maximum Gasteiger partial charge on any atom is 0.251 e. The quantitative estimate of drug-likeness (QED) is 0.524. The highest BCUT2D eigenvalue weighted by molar-refractivity contribution is 5.94. The second-order valence-electron chi connectivity index (χ2n) is 8.40. The highest BCUT2D eigenvalue weighted by Crippen LogP contribution is 2.25. The van der Waals surface area contributed by atoms with Gasteiger partial charge in [-0.3, -0.25) is 9.69 Å². The molecule has 1 aliphatic rings. The fraction of sp³-hybridized carbons (Fsp3) is 0.400. The highest BCUT2D eigenvalue weighted by Gasteiger charge is 2.11. The molecule has 32 heavy (non-hydrogen) atoms. The van der Waals surface area contributed by atoms with E-state index in [4.69, 9.17) is 9.72 Å². The van der Waals surface area contributed by atoms with Crippen molar-refractivity contribution in [1.82, 2.24) is 20.2 Å². The standard InChI is InChI=1S/C25H31N5O2/c1-18(2)22-6-3-5-20-17-27-25(29-23(20)22)28-21-9-7-19(8-10-21)24(31)26-11-4-12-30-13-15-32-16-14-30/h3,5-10,17-18H,4,11-16H2,1-2H3,(H,26,31)(H,27,28,29). The lowest BCUT2D eigenvalue weighted by molar-refractivity contribution is 0.0374. The Balaban J connectivity index is 1.32. The molecule has 2 N–H and O–H groups in total. The van der Waals surface area contributed by atoms with E-state index < -0.39 is 0 Å². The van der Waals surface area contributed by atoms with Gasteiger partial charge in [-0.1, -0.05) is 32.0 Å². The fourth-order valence-corrected chi connectivity index (χ4v) is 3.87. The Hall–Kier alpha value is -3.03. The van der Waals surface area contributed by atoms with E-state index in [1.54, 1.807) is 0 Å². The van der Waals surface area contributed by atoms with Crippen LogP contribution < -0.4 is 10.6 Å². The van der Waals surface area contributed by atoms with Gasteiger partial charge in [-0.25, -0.2) is 9.97 Å². The number of para-hydroxylation sites is 1. The molecule has 0 atom stereocenters. The lowest BCUT2D eigenvalue weighted by atomic mass is 10.0. The number of anilines is 2. The van der Waals surface area contributed by atoms with Crippen LogP contribution in [0.15, 0.2) is 48.7 Å². The van der Waals surface area contributed by atoms with Crippen LogP contribution in [0.3, 0.4) is 0 Å². The Morgan fingerprint density at radius 2 is 1.91 bits per heavy atom. The summed E-state index contributed by atoms with van der Waals surface area (Å²) in [6, 6.07) is 13.6. The summed E-state index contributed by atoms with van der Waals surface area (Å²) < 4.78 is 5.36. The number of carbonyl (C=O) groups is 1. The van der Waals surface area contributed by atoms with E-state index in [1.807, 2.05) is 42.6 Å². The average molecular weight is 434 g/mol. The van der Waals surface area contributed by atoms with E-state index in [-0.39, 0.29) is 5.91 Å². The molecule has 0 bridgehead atoms. The molecule has 4 rings (SSSR count). The molecule has 168 valence electrons. The van der Waals surface area contributed by atoms with Gasteiger partial charge >= 0.3 is 0 Å². The zero-order valence-corrected chi connectivity index (χ0v) is 18.8. The van der Waals surface area contributed by atoms with Crippen molar-refractivity contribution in [3.05, 3.63) is 59.8 Å². The van der Waals surface area contributed by atoms with Crippen LogP contribution in [0.4, 0.5) is 11.6 Å². The number of benzene rings is 2. The van der Waals surface area contributed by atoms with Crippen LogP contribution in [-0.2, 0) is 4.74 Å². The Kier molecular flexibility index (Phi) is 7.29. The first-order valence-electron chi connectivity index (χ1n) is 11.3. The van der Waals surface area contributed by atoms with Gasteiger partial charge in [0.1, 0.15) is 0 Å². The molecule has 0 radical (unpaired) electrons. The van der Waals surface area contributed by atoms with Crippen LogP contribution in [0.2, 0.25) is 0 Å². The molecule has 0 aliphatic carbocycles. The predicted octanol–water partition coefficient (Wildman–Crippen LogP) is 3.95. The van der Waals surface area contributed by atoms with Gasteiger partial charge < -0.3 is 15.4 Å². The van der Waals surface area contributed by atoms with Crippen molar-refractivity contribution in [2.75, 3.05) is 44.7 Å². The van der Waals surface area contributed by atoms with Gasteiger partial charge in [-0.15, -0.1) is 0 Å². The Morgan fingerprint density at radius 1 is 1.12 bits per heavy atom.